The summed E-state index contributed by atoms with van der Waals surface area (Å²) in [5.41, 5.74) is 0.710. The molecule has 0 aliphatic rings. The lowest BCUT2D eigenvalue weighted by Gasteiger charge is -2.05. The van der Waals surface area contributed by atoms with Crippen molar-refractivity contribution in [2.24, 2.45) is 0 Å². The van der Waals surface area contributed by atoms with Gasteiger partial charge in [0, 0.05) is 17.8 Å². The largest absolute Gasteiger partial charge is 0.388 e. The van der Waals surface area contributed by atoms with Crippen LogP contribution in [0.25, 0.3) is 0 Å². The van der Waals surface area contributed by atoms with Gasteiger partial charge in [-0.05, 0) is 18.6 Å². The number of benzene rings is 1. The second-order valence-corrected chi connectivity index (χ2v) is 4.43. The molecule has 1 N–H and O–H groups in total. The molecule has 1 aromatic carbocycles. The molecule has 0 spiro atoms. The topological polar surface area (TPSA) is 81.2 Å². The third-order valence-corrected chi connectivity index (χ3v) is 3.00. The van der Waals surface area contributed by atoms with Crippen LogP contribution in [0.15, 0.2) is 30.6 Å². The molecule has 1 unspecified atom stereocenters. The number of hydrogen-bond donors (Lipinski definition) is 1. The first-order valence-corrected chi connectivity index (χ1v) is 6.14. The van der Waals surface area contributed by atoms with Crippen molar-refractivity contribution in [3.8, 4) is 0 Å². The van der Waals surface area contributed by atoms with Gasteiger partial charge in [-0.2, -0.15) is 5.10 Å². The van der Waals surface area contributed by atoms with E-state index in [1.165, 1.54) is 10.9 Å². The summed E-state index contributed by atoms with van der Waals surface area (Å²) in [6.45, 7) is 1.91. The van der Waals surface area contributed by atoms with Gasteiger partial charge in [-0.1, -0.05) is 6.92 Å². The summed E-state index contributed by atoms with van der Waals surface area (Å²) in [7, 11) is 0. The molecule has 1 aromatic heterocycles. The number of aromatic nitrogens is 2. The van der Waals surface area contributed by atoms with E-state index < -0.39 is 16.8 Å². The Labute approximate surface area is 114 Å². The smallest absolute Gasteiger partial charge is 0.274 e. The Bertz CT molecular complexity index is 627. The summed E-state index contributed by atoms with van der Waals surface area (Å²) in [6.07, 6.45) is 3.03. The maximum Gasteiger partial charge on any atom is 0.274 e. The van der Waals surface area contributed by atoms with Gasteiger partial charge in [0.05, 0.1) is 29.3 Å². The van der Waals surface area contributed by atoms with E-state index in [1.54, 1.807) is 6.20 Å². The third-order valence-electron chi connectivity index (χ3n) is 3.00. The van der Waals surface area contributed by atoms with Crippen LogP contribution in [-0.4, -0.2) is 19.8 Å². The molecule has 106 valence electrons. The van der Waals surface area contributed by atoms with Crippen molar-refractivity contribution in [2.75, 3.05) is 0 Å². The van der Waals surface area contributed by atoms with Crippen LogP contribution in [0.3, 0.4) is 0 Å². The SMILES string of the molecule is CCC(O)c1cnn(Cc2cc(F)ccc2[N+](=O)[O-])c1. The predicted molar refractivity (Wildman–Crippen MR) is 69.6 cm³/mol. The van der Waals surface area contributed by atoms with Crippen molar-refractivity contribution in [3.63, 3.8) is 0 Å². The van der Waals surface area contributed by atoms with E-state index >= 15 is 0 Å². The first-order chi connectivity index (χ1) is 9.51. The van der Waals surface area contributed by atoms with E-state index in [0.717, 1.165) is 18.2 Å². The number of hydrogen-bond acceptors (Lipinski definition) is 4. The standard InChI is InChI=1S/C13H14FN3O3/c1-2-13(18)10-6-15-16(8-10)7-9-5-11(14)3-4-12(9)17(19)20/h3-6,8,13,18H,2,7H2,1H3. The van der Waals surface area contributed by atoms with E-state index in [2.05, 4.69) is 5.10 Å². The number of nitrogens with zero attached hydrogens (tertiary/aromatic N) is 3. The van der Waals surface area contributed by atoms with E-state index in [0.29, 0.717) is 12.0 Å². The molecule has 0 saturated heterocycles. The van der Waals surface area contributed by atoms with Crippen molar-refractivity contribution < 1.29 is 14.4 Å². The molecule has 0 amide bonds. The summed E-state index contributed by atoms with van der Waals surface area (Å²) in [5.74, 6) is -0.536. The third kappa shape index (κ3) is 3.00. The minimum absolute atomic E-state index is 0.0739. The average Bonchev–Trinajstić information content (AvgIpc) is 2.86. The molecule has 2 aromatic rings. The highest BCUT2D eigenvalue weighted by Gasteiger charge is 2.16. The van der Waals surface area contributed by atoms with Crippen molar-refractivity contribution in [2.45, 2.75) is 26.0 Å². The van der Waals surface area contributed by atoms with Gasteiger partial charge in [-0.3, -0.25) is 14.8 Å². The normalized spacial score (nSPS) is 12.3. The second kappa shape index (κ2) is 5.79. The Morgan fingerprint density at radius 3 is 2.95 bits per heavy atom. The number of nitro groups is 1. The molecule has 0 aliphatic carbocycles. The quantitative estimate of drug-likeness (QED) is 0.673. The number of rotatable bonds is 5. The van der Waals surface area contributed by atoms with Crippen molar-refractivity contribution >= 4 is 5.69 Å². The molecule has 0 fully saturated rings. The van der Waals surface area contributed by atoms with E-state index in [-0.39, 0.29) is 17.8 Å². The monoisotopic (exact) mass is 279 g/mol. The van der Waals surface area contributed by atoms with Crippen LogP contribution < -0.4 is 0 Å². The fourth-order valence-electron chi connectivity index (χ4n) is 1.91. The Hall–Kier alpha value is -2.28. The summed E-state index contributed by atoms with van der Waals surface area (Å²) < 4.78 is 14.6. The van der Waals surface area contributed by atoms with Crippen LogP contribution in [0, 0.1) is 15.9 Å². The number of nitro benzene ring substituents is 1. The van der Waals surface area contributed by atoms with Gasteiger partial charge < -0.3 is 5.11 Å². The highest BCUT2D eigenvalue weighted by atomic mass is 19.1. The van der Waals surface area contributed by atoms with E-state index in [9.17, 15) is 19.6 Å². The fourth-order valence-corrected chi connectivity index (χ4v) is 1.91. The number of halogens is 1. The van der Waals surface area contributed by atoms with Crippen molar-refractivity contribution in [1.82, 2.24) is 9.78 Å². The van der Waals surface area contributed by atoms with Gasteiger partial charge in [-0.15, -0.1) is 0 Å². The molecular weight excluding hydrogens is 265 g/mol. The Morgan fingerprint density at radius 1 is 1.55 bits per heavy atom. The van der Waals surface area contributed by atoms with Gasteiger partial charge in [0.2, 0.25) is 0 Å². The molecule has 20 heavy (non-hydrogen) atoms. The highest BCUT2D eigenvalue weighted by Crippen LogP contribution is 2.21. The van der Waals surface area contributed by atoms with Crippen LogP contribution in [0.5, 0.6) is 0 Å². The number of aliphatic hydroxyl groups is 1. The molecule has 0 saturated carbocycles. The van der Waals surface area contributed by atoms with Crippen LogP contribution in [0.1, 0.15) is 30.6 Å². The maximum atomic E-state index is 13.2. The van der Waals surface area contributed by atoms with E-state index in [4.69, 9.17) is 0 Å². The van der Waals surface area contributed by atoms with Crippen molar-refractivity contribution in [3.05, 3.63) is 57.7 Å². The molecule has 0 bridgehead atoms. The lowest BCUT2D eigenvalue weighted by atomic mass is 10.1. The summed E-state index contributed by atoms with van der Waals surface area (Å²) in [6, 6.07) is 3.31. The second-order valence-electron chi connectivity index (χ2n) is 4.43. The Balaban J connectivity index is 2.27. The lowest BCUT2D eigenvalue weighted by Crippen LogP contribution is -2.04. The Morgan fingerprint density at radius 2 is 2.30 bits per heavy atom. The minimum Gasteiger partial charge on any atom is -0.388 e. The fraction of sp³-hybridized carbons (Fsp3) is 0.308. The predicted octanol–water partition coefficient (Wildman–Crippen LogP) is 2.42. The van der Waals surface area contributed by atoms with Crippen LogP contribution in [0.4, 0.5) is 10.1 Å². The molecule has 6 nitrogen and oxygen atoms in total. The van der Waals surface area contributed by atoms with Gasteiger partial charge in [0.25, 0.3) is 5.69 Å². The summed E-state index contributed by atoms with van der Waals surface area (Å²) in [4.78, 5) is 10.3. The first-order valence-electron chi connectivity index (χ1n) is 6.14. The molecule has 1 atom stereocenters. The zero-order chi connectivity index (χ0) is 14.7. The summed E-state index contributed by atoms with van der Waals surface area (Å²) in [5, 5.41) is 24.6. The van der Waals surface area contributed by atoms with Crippen LogP contribution in [-0.2, 0) is 6.54 Å². The Kier molecular flexibility index (Phi) is 4.09. The molecule has 0 aliphatic heterocycles. The maximum absolute atomic E-state index is 13.2. The highest BCUT2D eigenvalue weighted by molar-refractivity contribution is 5.40. The zero-order valence-corrected chi connectivity index (χ0v) is 10.9. The van der Waals surface area contributed by atoms with Gasteiger partial charge >= 0.3 is 0 Å². The summed E-state index contributed by atoms with van der Waals surface area (Å²) >= 11 is 0. The first kappa shape index (κ1) is 14.1. The lowest BCUT2D eigenvalue weighted by molar-refractivity contribution is -0.385. The van der Waals surface area contributed by atoms with Crippen LogP contribution in [0.2, 0.25) is 0 Å². The van der Waals surface area contributed by atoms with Gasteiger partial charge in [0.15, 0.2) is 0 Å². The molecule has 0 radical (unpaired) electrons. The molecule has 1 heterocycles. The van der Waals surface area contributed by atoms with Crippen LogP contribution >= 0.6 is 0 Å². The molecule has 2 rings (SSSR count). The zero-order valence-electron chi connectivity index (χ0n) is 10.9. The van der Waals surface area contributed by atoms with Gasteiger partial charge in [-0.25, -0.2) is 4.39 Å². The average molecular weight is 279 g/mol. The van der Waals surface area contributed by atoms with Crippen molar-refractivity contribution in [1.29, 1.82) is 0 Å². The number of aliphatic hydroxyl groups excluding tert-OH is 1. The van der Waals surface area contributed by atoms with Gasteiger partial charge in [0.1, 0.15) is 5.82 Å². The van der Waals surface area contributed by atoms with E-state index in [1.807, 2.05) is 6.92 Å². The molecule has 7 heteroatoms. The molecular formula is C13H14FN3O3. The minimum atomic E-state index is -0.619.